The summed E-state index contributed by atoms with van der Waals surface area (Å²) in [7, 11) is 0. The molecule has 0 atom stereocenters. The van der Waals surface area contributed by atoms with E-state index >= 15 is 0 Å². The van der Waals surface area contributed by atoms with Crippen molar-refractivity contribution in [3.05, 3.63) is 72.3 Å². The summed E-state index contributed by atoms with van der Waals surface area (Å²) >= 11 is 0. The second-order valence-electron chi connectivity index (χ2n) is 8.49. The van der Waals surface area contributed by atoms with Crippen molar-refractivity contribution in [2.75, 3.05) is 13.1 Å². The third-order valence-electron chi connectivity index (χ3n) is 6.05. The number of aromatic nitrogens is 3. The molecule has 0 saturated carbocycles. The summed E-state index contributed by atoms with van der Waals surface area (Å²) in [6.07, 6.45) is 8.22. The maximum absolute atomic E-state index is 13.3. The number of hydrogen-bond acceptors (Lipinski definition) is 7. The van der Waals surface area contributed by atoms with Crippen LogP contribution in [0.25, 0.3) is 5.65 Å². The zero-order valence-corrected chi connectivity index (χ0v) is 19.1. The van der Waals surface area contributed by atoms with E-state index in [9.17, 15) is 14.4 Å². The van der Waals surface area contributed by atoms with Gasteiger partial charge in [-0.05, 0) is 31.0 Å². The van der Waals surface area contributed by atoms with E-state index in [-0.39, 0.29) is 23.5 Å². The fraction of sp³-hybridized carbons (Fsp3) is 0.292. The molecule has 4 heterocycles. The summed E-state index contributed by atoms with van der Waals surface area (Å²) in [6.45, 7) is 2.18. The SMILES string of the molecule is N#CCC1(N/C=C(/C(N)=O)C(N)=Nc2ccnc(F)c2)CCN(Cc2cn3ccccc3n2)CC1. The van der Waals surface area contributed by atoms with Crippen LogP contribution in [-0.4, -0.2) is 49.6 Å². The summed E-state index contributed by atoms with van der Waals surface area (Å²) in [5, 5.41) is 12.7. The van der Waals surface area contributed by atoms with E-state index < -0.39 is 17.4 Å². The smallest absolute Gasteiger partial charge is 0.253 e. The molecule has 1 fully saturated rings. The number of fused-ring (bicyclic) bond motifs is 1. The second kappa shape index (κ2) is 10.3. The molecular formula is C24H26FN9O. The summed E-state index contributed by atoms with van der Waals surface area (Å²) < 4.78 is 15.3. The van der Waals surface area contributed by atoms with Gasteiger partial charge in [0.25, 0.3) is 5.91 Å². The summed E-state index contributed by atoms with van der Waals surface area (Å²) in [5.41, 5.74) is 13.0. The van der Waals surface area contributed by atoms with Crippen molar-refractivity contribution in [1.82, 2.24) is 24.6 Å². The Hall–Kier alpha value is -4.30. The van der Waals surface area contributed by atoms with Crippen molar-refractivity contribution in [1.29, 1.82) is 5.26 Å². The molecule has 180 valence electrons. The normalized spacial score (nSPS) is 16.7. The number of nitrogens with one attached hydrogen (secondary N) is 1. The third-order valence-corrected chi connectivity index (χ3v) is 6.05. The van der Waals surface area contributed by atoms with Gasteiger partial charge in [-0.25, -0.2) is 15.0 Å². The molecule has 3 aromatic heterocycles. The molecule has 5 N–H and O–H groups in total. The van der Waals surface area contributed by atoms with Crippen LogP contribution >= 0.6 is 0 Å². The van der Waals surface area contributed by atoms with E-state index in [2.05, 4.69) is 31.2 Å². The molecule has 1 saturated heterocycles. The van der Waals surface area contributed by atoms with Gasteiger partial charge in [-0.1, -0.05) is 6.07 Å². The van der Waals surface area contributed by atoms with Gasteiger partial charge in [0.1, 0.15) is 11.5 Å². The van der Waals surface area contributed by atoms with Gasteiger partial charge in [-0.15, -0.1) is 0 Å². The minimum atomic E-state index is -0.787. The molecule has 10 nitrogen and oxygen atoms in total. The Morgan fingerprint density at radius 1 is 1.31 bits per heavy atom. The topological polar surface area (TPSA) is 151 Å². The predicted octanol–water partition coefficient (Wildman–Crippen LogP) is 1.76. The molecule has 0 radical (unpaired) electrons. The number of primary amides is 1. The molecule has 4 rings (SSSR count). The molecule has 0 unspecified atom stereocenters. The summed E-state index contributed by atoms with van der Waals surface area (Å²) in [4.78, 5) is 26.5. The number of amides is 1. The van der Waals surface area contributed by atoms with Crippen LogP contribution in [0.2, 0.25) is 0 Å². The molecule has 0 spiro atoms. The first kappa shape index (κ1) is 23.8. The molecule has 0 aliphatic carbocycles. The van der Waals surface area contributed by atoms with Crippen molar-refractivity contribution >= 4 is 23.1 Å². The lowest BCUT2D eigenvalue weighted by Crippen LogP contribution is -2.51. The molecule has 11 heteroatoms. The molecule has 35 heavy (non-hydrogen) atoms. The van der Waals surface area contributed by atoms with Crippen molar-refractivity contribution in [3.63, 3.8) is 0 Å². The van der Waals surface area contributed by atoms with E-state index in [1.54, 1.807) is 0 Å². The highest BCUT2D eigenvalue weighted by atomic mass is 19.1. The maximum Gasteiger partial charge on any atom is 0.253 e. The van der Waals surface area contributed by atoms with Crippen LogP contribution in [0.1, 0.15) is 25.0 Å². The van der Waals surface area contributed by atoms with Crippen LogP contribution in [0, 0.1) is 17.3 Å². The van der Waals surface area contributed by atoms with E-state index in [0.29, 0.717) is 19.4 Å². The number of nitriles is 1. The number of amidine groups is 1. The lowest BCUT2D eigenvalue weighted by Gasteiger charge is -2.41. The average molecular weight is 476 g/mol. The first-order valence-corrected chi connectivity index (χ1v) is 11.1. The number of likely N-dealkylation sites (tertiary alicyclic amines) is 1. The van der Waals surface area contributed by atoms with Gasteiger partial charge < -0.3 is 21.2 Å². The molecule has 0 bridgehead atoms. The molecule has 0 aromatic carbocycles. The predicted molar refractivity (Wildman–Crippen MR) is 129 cm³/mol. The Balaban J connectivity index is 1.45. The minimum absolute atomic E-state index is 0.0494. The van der Waals surface area contributed by atoms with E-state index in [1.807, 2.05) is 35.0 Å². The van der Waals surface area contributed by atoms with Gasteiger partial charge in [-0.3, -0.25) is 9.69 Å². The number of rotatable bonds is 8. The number of hydrogen-bond donors (Lipinski definition) is 3. The average Bonchev–Trinajstić information content (AvgIpc) is 3.23. The highest BCUT2D eigenvalue weighted by Gasteiger charge is 2.34. The largest absolute Gasteiger partial charge is 0.384 e. The number of nitrogens with two attached hydrogens (primary N) is 2. The second-order valence-corrected chi connectivity index (χ2v) is 8.49. The van der Waals surface area contributed by atoms with Gasteiger partial charge in [-0.2, -0.15) is 9.65 Å². The fourth-order valence-corrected chi connectivity index (χ4v) is 4.11. The Morgan fingerprint density at radius 2 is 2.11 bits per heavy atom. The Morgan fingerprint density at radius 3 is 2.80 bits per heavy atom. The van der Waals surface area contributed by atoms with Gasteiger partial charge in [0.05, 0.1) is 35.0 Å². The van der Waals surface area contributed by atoms with Crippen molar-refractivity contribution in [3.8, 4) is 6.07 Å². The highest BCUT2D eigenvalue weighted by molar-refractivity contribution is 6.20. The highest BCUT2D eigenvalue weighted by Crippen LogP contribution is 2.27. The number of halogens is 1. The molecule has 3 aromatic rings. The Kier molecular flexibility index (Phi) is 7.03. The van der Waals surface area contributed by atoms with Crippen LogP contribution in [0.15, 0.2) is 65.7 Å². The molecule has 1 aliphatic rings. The number of aliphatic imine (C=N–C) groups is 1. The van der Waals surface area contributed by atoms with E-state index in [4.69, 9.17) is 11.5 Å². The van der Waals surface area contributed by atoms with Crippen molar-refractivity contribution in [2.45, 2.75) is 31.3 Å². The first-order valence-electron chi connectivity index (χ1n) is 11.1. The number of piperidine rings is 1. The number of carbonyl (C=O) groups excluding carboxylic acids is 1. The van der Waals surface area contributed by atoms with Crippen molar-refractivity contribution < 1.29 is 9.18 Å². The van der Waals surface area contributed by atoms with Crippen LogP contribution in [0.5, 0.6) is 0 Å². The maximum atomic E-state index is 13.3. The number of imidazole rings is 1. The first-order chi connectivity index (χ1) is 16.9. The third kappa shape index (κ3) is 5.80. The number of pyridine rings is 2. The lowest BCUT2D eigenvalue weighted by atomic mass is 9.84. The summed E-state index contributed by atoms with van der Waals surface area (Å²) in [6, 6.07) is 10.7. The van der Waals surface area contributed by atoms with E-state index in [1.165, 1.54) is 18.5 Å². The van der Waals surface area contributed by atoms with Crippen LogP contribution < -0.4 is 16.8 Å². The monoisotopic (exact) mass is 475 g/mol. The van der Waals surface area contributed by atoms with Crippen molar-refractivity contribution in [2.24, 2.45) is 16.5 Å². The Bertz CT molecular complexity index is 1280. The van der Waals surface area contributed by atoms with Gasteiger partial charge in [0.15, 0.2) is 0 Å². The van der Waals surface area contributed by atoms with Gasteiger partial charge >= 0.3 is 0 Å². The Labute approximate surface area is 201 Å². The lowest BCUT2D eigenvalue weighted by molar-refractivity contribution is -0.114. The quantitative estimate of drug-likeness (QED) is 0.194. The van der Waals surface area contributed by atoms with Crippen LogP contribution in [0.4, 0.5) is 10.1 Å². The van der Waals surface area contributed by atoms with Crippen LogP contribution in [-0.2, 0) is 11.3 Å². The fourth-order valence-electron chi connectivity index (χ4n) is 4.11. The molecular weight excluding hydrogens is 449 g/mol. The van der Waals surface area contributed by atoms with Gasteiger partial charge in [0.2, 0.25) is 5.95 Å². The molecule has 1 amide bonds. The molecule has 1 aliphatic heterocycles. The van der Waals surface area contributed by atoms with E-state index in [0.717, 1.165) is 30.5 Å². The number of carbonyl (C=O) groups is 1. The standard InChI is InChI=1S/C24H26FN9O/c25-20-13-17(4-9-29-20)32-22(27)19(23(28)35)14-30-24(5-8-26)6-11-33(12-7-24)15-18-16-34-10-2-1-3-21(34)31-18/h1-4,9-10,13-14,16,30H,5-7,11-12,15H2,(H2,28,35)(H2,27,29,32)/b19-14+. The minimum Gasteiger partial charge on any atom is -0.384 e. The zero-order chi connectivity index (χ0) is 24.8. The van der Waals surface area contributed by atoms with Gasteiger partial charge in [0, 0.05) is 50.5 Å². The number of nitrogens with zero attached hydrogens (tertiary/aromatic N) is 6. The van der Waals surface area contributed by atoms with Crippen LogP contribution in [0.3, 0.4) is 0 Å². The zero-order valence-electron chi connectivity index (χ0n) is 19.1. The summed E-state index contributed by atoms with van der Waals surface area (Å²) in [5.74, 6) is -1.66.